The van der Waals surface area contributed by atoms with Gasteiger partial charge in [-0.05, 0) is 43.2 Å². The molecule has 0 aliphatic carbocycles. The van der Waals surface area contributed by atoms with Crippen molar-refractivity contribution in [3.8, 4) is 17.4 Å². The van der Waals surface area contributed by atoms with Crippen LogP contribution in [0.4, 0.5) is 0 Å². The Labute approximate surface area is 197 Å². The SMILES string of the molecule is CS(=O)(=O)c1ccc(Oc2ncnc3c2cnn3C2CCN(Cc3ccccc3O)CC2)cc1. The van der Waals surface area contributed by atoms with E-state index in [-0.39, 0.29) is 10.9 Å². The molecule has 0 saturated carbocycles. The molecule has 1 aliphatic heterocycles. The molecular weight excluding hydrogens is 454 g/mol. The molecule has 0 unspecified atom stereocenters. The Kier molecular flexibility index (Phi) is 5.93. The van der Waals surface area contributed by atoms with Gasteiger partial charge in [-0.3, -0.25) is 4.90 Å². The number of likely N-dealkylation sites (tertiary alicyclic amines) is 1. The van der Waals surface area contributed by atoms with Gasteiger partial charge in [0.05, 0.1) is 17.1 Å². The highest BCUT2D eigenvalue weighted by Gasteiger charge is 2.24. The van der Waals surface area contributed by atoms with E-state index >= 15 is 0 Å². The van der Waals surface area contributed by atoms with Crippen molar-refractivity contribution < 1.29 is 18.3 Å². The van der Waals surface area contributed by atoms with E-state index in [1.54, 1.807) is 24.4 Å². The molecule has 0 spiro atoms. The molecule has 10 heteroatoms. The third kappa shape index (κ3) is 4.59. The number of ether oxygens (including phenoxy) is 1. The first kappa shape index (κ1) is 22.3. The number of sulfone groups is 1. The van der Waals surface area contributed by atoms with Gasteiger partial charge in [0.2, 0.25) is 5.88 Å². The molecule has 9 nitrogen and oxygen atoms in total. The highest BCUT2D eigenvalue weighted by Crippen LogP contribution is 2.31. The summed E-state index contributed by atoms with van der Waals surface area (Å²) in [5.74, 6) is 1.19. The number of hydrogen-bond donors (Lipinski definition) is 1. The van der Waals surface area contributed by atoms with E-state index in [1.807, 2.05) is 22.9 Å². The van der Waals surface area contributed by atoms with Gasteiger partial charge in [-0.15, -0.1) is 0 Å². The van der Waals surface area contributed by atoms with Crippen molar-refractivity contribution in [3.63, 3.8) is 0 Å². The minimum absolute atomic E-state index is 0.204. The normalized spacial score (nSPS) is 15.6. The van der Waals surface area contributed by atoms with E-state index < -0.39 is 9.84 Å². The zero-order chi connectivity index (χ0) is 23.7. The third-order valence-electron chi connectivity index (χ3n) is 6.11. The van der Waals surface area contributed by atoms with Crippen molar-refractivity contribution in [2.24, 2.45) is 0 Å². The number of rotatable bonds is 6. The number of phenolic OH excluding ortho intramolecular Hbond substituents is 1. The average Bonchev–Trinajstić information content (AvgIpc) is 3.26. The Morgan fingerprint density at radius 3 is 2.50 bits per heavy atom. The van der Waals surface area contributed by atoms with Crippen LogP contribution in [0.1, 0.15) is 24.4 Å². The van der Waals surface area contributed by atoms with Crippen LogP contribution in [0.3, 0.4) is 0 Å². The van der Waals surface area contributed by atoms with Crippen molar-refractivity contribution in [3.05, 3.63) is 66.6 Å². The topological polar surface area (TPSA) is 110 Å². The number of benzene rings is 2. The van der Waals surface area contributed by atoms with Crippen LogP contribution in [0.5, 0.6) is 17.4 Å². The van der Waals surface area contributed by atoms with Crippen LogP contribution in [-0.4, -0.2) is 57.5 Å². The monoisotopic (exact) mass is 479 g/mol. The van der Waals surface area contributed by atoms with Crippen LogP contribution in [0.25, 0.3) is 11.0 Å². The number of phenols is 1. The zero-order valence-electron chi connectivity index (χ0n) is 18.7. The molecule has 0 amide bonds. The summed E-state index contributed by atoms with van der Waals surface area (Å²) in [5, 5.41) is 15.3. The average molecular weight is 480 g/mol. The molecule has 1 saturated heterocycles. The van der Waals surface area contributed by atoms with Crippen LogP contribution in [0.15, 0.2) is 66.0 Å². The van der Waals surface area contributed by atoms with Crippen molar-refractivity contribution in [2.75, 3.05) is 19.3 Å². The van der Waals surface area contributed by atoms with Gasteiger partial charge in [-0.2, -0.15) is 5.10 Å². The highest BCUT2D eigenvalue weighted by molar-refractivity contribution is 7.90. The number of hydrogen-bond acceptors (Lipinski definition) is 8. The minimum atomic E-state index is -3.27. The molecule has 2 aromatic heterocycles. The summed E-state index contributed by atoms with van der Waals surface area (Å²) >= 11 is 0. The number of aromatic nitrogens is 4. The number of aromatic hydroxyl groups is 1. The van der Waals surface area contributed by atoms with Gasteiger partial charge in [0, 0.05) is 31.5 Å². The Morgan fingerprint density at radius 1 is 1.06 bits per heavy atom. The predicted octanol–water partition coefficient (Wildman–Crippen LogP) is 3.56. The highest BCUT2D eigenvalue weighted by atomic mass is 32.2. The van der Waals surface area contributed by atoms with Crippen LogP contribution >= 0.6 is 0 Å². The van der Waals surface area contributed by atoms with E-state index in [4.69, 9.17) is 4.74 Å². The van der Waals surface area contributed by atoms with Crippen LogP contribution in [0, 0.1) is 0 Å². The number of piperidine rings is 1. The Bertz CT molecular complexity index is 1410. The second-order valence-corrected chi connectivity index (χ2v) is 10.5. The number of nitrogens with zero attached hydrogens (tertiary/aromatic N) is 5. The van der Waals surface area contributed by atoms with Gasteiger partial charge in [-0.1, -0.05) is 18.2 Å². The van der Waals surface area contributed by atoms with E-state index in [9.17, 15) is 13.5 Å². The first-order valence-electron chi connectivity index (χ1n) is 11.0. The first-order chi connectivity index (χ1) is 16.4. The molecule has 4 aromatic rings. The minimum Gasteiger partial charge on any atom is -0.508 e. The second-order valence-electron chi connectivity index (χ2n) is 8.49. The van der Waals surface area contributed by atoms with E-state index in [2.05, 4.69) is 20.0 Å². The maximum atomic E-state index is 11.7. The Hall–Kier alpha value is -3.50. The number of fused-ring (bicyclic) bond motifs is 1. The summed E-state index contributed by atoms with van der Waals surface area (Å²) in [7, 11) is -3.27. The molecule has 3 heterocycles. The molecule has 0 radical (unpaired) electrons. The molecule has 1 N–H and O–H groups in total. The van der Waals surface area contributed by atoms with E-state index in [0.717, 1.165) is 38.0 Å². The van der Waals surface area contributed by atoms with Gasteiger partial charge < -0.3 is 9.84 Å². The summed E-state index contributed by atoms with van der Waals surface area (Å²) in [4.78, 5) is 11.3. The van der Waals surface area contributed by atoms with E-state index in [0.29, 0.717) is 28.4 Å². The third-order valence-corrected chi connectivity index (χ3v) is 7.24. The fourth-order valence-corrected chi connectivity index (χ4v) is 4.89. The van der Waals surface area contributed by atoms with Gasteiger partial charge in [-0.25, -0.2) is 23.1 Å². The predicted molar refractivity (Wildman–Crippen MR) is 127 cm³/mol. The second kappa shape index (κ2) is 9.03. The summed E-state index contributed by atoms with van der Waals surface area (Å²) in [6.45, 7) is 2.50. The largest absolute Gasteiger partial charge is 0.508 e. The summed E-state index contributed by atoms with van der Waals surface area (Å²) in [5.41, 5.74) is 1.64. The molecule has 0 atom stereocenters. The summed E-state index contributed by atoms with van der Waals surface area (Å²) < 4.78 is 31.2. The molecule has 34 heavy (non-hydrogen) atoms. The lowest BCUT2D eigenvalue weighted by molar-refractivity contribution is 0.174. The number of para-hydroxylation sites is 1. The van der Waals surface area contributed by atoms with Gasteiger partial charge in [0.1, 0.15) is 23.2 Å². The van der Waals surface area contributed by atoms with Crippen molar-refractivity contribution in [1.82, 2.24) is 24.6 Å². The summed E-state index contributed by atoms with van der Waals surface area (Å²) in [6, 6.07) is 13.9. The maximum Gasteiger partial charge on any atom is 0.233 e. The van der Waals surface area contributed by atoms with Crippen LogP contribution in [0.2, 0.25) is 0 Å². The van der Waals surface area contributed by atoms with Crippen molar-refractivity contribution in [2.45, 2.75) is 30.3 Å². The first-order valence-corrected chi connectivity index (χ1v) is 12.9. The zero-order valence-corrected chi connectivity index (χ0v) is 19.5. The lowest BCUT2D eigenvalue weighted by atomic mass is 10.0. The Morgan fingerprint density at radius 2 is 1.79 bits per heavy atom. The fourth-order valence-electron chi connectivity index (χ4n) is 4.26. The maximum absolute atomic E-state index is 11.7. The van der Waals surface area contributed by atoms with E-state index in [1.165, 1.54) is 24.7 Å². The molecule has 5 rings (SSSR count). The van der Waals surface area contributed by atoms with Crippen LogP contribution in [-0.2, 0) is 16.4 Å². The smallest absolute Gasteiger partial charge is 0.233 e. The molecule has 1 fully saturated rings. The van der Waals surface area contributed by atoms with Gasteiger partial charge in [0.15, 0.2) is 15.5 Å². The summed E-state index contributed by atoms with van der Waals surface area (Å²) in [6.07, 6.45) is 6.16. The molecule has 176 valence electrons. The fraction of sp³-hybridized carbons (Fsp3) is 0.292. The quantitative estimate of drug-likeness (QED) is 0.447. The van der Waals surface area contributed by atoms with Crippen molar-refractivity contribution >= 4 is 20.9 Å². The molecular formula is C24H25N5O4S. The Balaban J connectivity index is 1.30. The van der Waals surface area contributed by atoms with Gasteiger partial charge in [0.25, 0.3) is 0 Å². The molecule has 1 aliphatic rings. The van der Waals surface area contributed by atoms with Crippen molar-refractivity contribution in [1.29, 1.82) is 0 Å². The lowest BCUT2D eigenvalue weighted by Gasteiger charge is -2.32. The van der Waals surface area contributed by atoms with Gasteiger partial charge >= 0.3 is 0 Å². The molecule has 0 bridgehead atoms. The lowest BCUT2D eigenvalue weighted by Crippen LogP contribution is -2.34. The van der Waals surface area contributed by atoms with Crippen LogP contribution < -0.4 is 4.74 Å². The molecule has 2 aromatic carbocycles. The standard InChI is InChI=1S/C24H25N5O4S/c1-34(31,32)20-8-6-19(7-9-20)33-24-21-14-27-29(23(21)25-16-26-24)18-10-12-28(13-11-18)15-17-4-2-3-5-22(17)30/h2-9,14,16,18,30H,10-13,15H2,1H3.